The van der Waals surface area contributed by atoms with E-state index in [4.69, 9.17) is 10.5 Å². The lowest BCUT2D eigenvalue weighted by atomic mass is 10.1. The second-order valence-corrected chi connectivity index (χ2v) is 4.27. The minimum atomic E-state index is 0.415. The minimum absolute atomic E-state index is 0.415. The van der Waals surface area contributed by atoms with E-state index in [1.807, 2.05) is 54.6 Å². The van der Waals surface area contributed by atoms with E-state index in [0.717, 1.165) is 22.8 Å². The lowest BCUT2D eigenvalue weighted by Gasteiger charge is -2.06. The SMILES string of the molecule is Nc1cnc(-c2ccc(Oc3ccccc3)cc2)cn1. The molecule has 0 fully saturated rings. The minimum Gasteiger partial charge on any atom is -0.457 e. The van der Waals surface area contributed by atoms with Gasteiger partial charge in [0.15, 0.2) is 0 Å². The van der Waals surface area contributed by atoms with Crippen LogP contribution in [0.3, 0.4) is 0 Å². The van der Waals surface area contributed by atoms with Crippen LogP contribution in [-0.2, 0) is 0 Å². The first-order valence-corrected chi connectivity index (χ1v) is 6.22. The zero-order chi connectivity index (χ0) is 13.8. The molecule has 4 nitrogen and oxygen atoms in total. The standard InChI is InChI=1S/C16H13N3O/c17-16-11-18-15(10-19-16)12-6-8-14(9-7-12)20-13-4-2-1-3-5-13/h1-11H,(H2,17,19). The number of hydrogen-bond acceptors (Lipinski definition) is 4. The van der Waals surface area contributed by atoms with Crippen LogP contribution in [0.1, 0.15) is 0 Å². The van der Waals surface area contributed by atoms with E-state index >= 15 is 0 Å². The number of nitrogens with two attached hydrogens (primary N) is 1. The Morgan fingerprint density at radius 2 is 1.45 bits per heavy atom. The molecule has 0 amide bonds. The molecule has 0 radical (unpaired) electrons. The van der Waals surface area contributed by atoms with Gasteiger partial charge >= 0.3 is 0 Å². The largest absolute Gasteiger partial charge is 0.457 e. The molecule has 4 heteroatoms. The summed E-state index contributed by atoms with van der Waals surface area (Å²) in [6.45, 7) is 0. The van der Waals surface area contributed by atoms with Crippen molar-refractivity contribution in [1.29, 1.82) is 0 Å². The van der Waals surface area contributed by atoms with Crippen LogP contribution >= 0.6 is 0 Å². The van der Waals surface area contributed by atoms with Gasteiger partial charge in [0.25, 0.3) is 0 Å². The third-order valence-electron chi connectivity index (χ3n) is 2.80. The summed E-state index contributed by atoms with van der Waals surface area (Å²) < 4.78 is 5.73. The first-order chi connectivity index (χ1) is 9.81. The predicted molar refractivity (Wildman–Crippen MR) is 78.4 cm³/mol. The van der Waals surface area contributed by atoms with E-state index in [2.05, 4.69) is 9.97 Å². The molecule has 98 valence electrons. The highest BCUT2D eigenvalue weighted by molar-refractivity contribution is 5.59. The number of benzene rings is 2. The normalized spacial score (nSPS) is 10.2. The van der Waals surface area contributed by atoms with Crippen molar-refractivity contribution in [3.63, 3.8) is 0 Å². The van der Waals surface area contributed by atoms with E-state index in [9.17, 15) is 0 Å². The lowest BCUT2D eigenvalue weighted by molar-refractivity contribution is 0.483. The lowest BCUT2D eigenvalue weighted by Crippen LogP contribution is -1.92. The van der Waals surface area contributed by atoms with E-state index in [1.165, 1.54) is 0 Å². The zero-order valence-corrected chi connectivity index (χ0v) is 10.7. The molecule has 2 N–H and O–H groups in total. The van der Waals surface area contributed by atoms with Gasteiger partial charge in [-0.1, -0.05) is 18.2 Å². The monoisotopic (exact) mass is 263 g/mol. The van der Waals surface area contributed by atoms with Crippen LogP contribution in [0.2, 0.25) is 0 Å². The number of nitrogen functional groups attached to an aromatic ring is 1. The number of hydrogen-bond donors (Lipinski definition) is 1. The summed E-state index contributed by atoms with van der Waals surface area (Å²) in [5.74, 6) is 2.01. The fraction of sp³-hybridized carbons (Fsp3) is 0. The zero-order valence-electron chi connectivity index (χ0n) is 10.7. The molecular formula is C16H13N3O. The van der Waals surface area contributed by atoms with Gasteiger partial charge in [0.2, 0.25) is 0 Å². The van der Waals surface area contributed by atoms with Gasteiger partial charge in [0.1, 0.15) is 17.3 Å². The molecule has 2 aromatic carbocycles. The van der Waals surface area contributed by atoms with Crippen molar-refractivity contribution < 1.29 is 4.74 Å². The fourth-order valence-electron chi connectivity index (χ4n) is 1.81. The average Bonchev–Trinajstić information content (AvgIpc) is 2.50. The van der Waals surface area contributed by atoms with Crippen LogP contribution in [0.15, 0.2) is 67.0 Å². The quantitative estimate of drug-likeness (QED) is 0.785. The number of anilines is 1. The maximum atomic E-state index is 5.73. The van der Waals surface area contributed by atoms with Gasteiger partial charge in [-0.2, -0.15) is 0 Å². The Labute approximate surface area is 116 Å². The molecule has 0 saturated heterocycles. The van der Waals surface area contributed by atoms with Crippen molar-refractivity contribution in [1.82, 2.24) is 9.97 Å². The molecule has 0 spiro atoms. The third-order valence-corrected chi connectivity index (χ3v) is 2.80. The van der Waals surface area contributed by atoms with Crippen molar-refractivity contribution in [2.24, 2.45) is 0 Å². The number of para-hydroxylation sites is 1. The molecule has 3 aromatic rings. The molecule has 3 rings (SSSR count). The van der Waals surface area contributed by atoms with Crippen LogP contribution in [-0.4, -0.2) is 9.97 Å². The first kappa shape index (κ1) is 12.2. The number of aromatic nitrogens is 2. The van der Waals surface area contributed by atoms with Crippen molar-refractivity contribution >= 4 is 5.82 Å². The Morgan fingerprint density at radius 3 is 2.10 bits per heavy atom. The molecule has 1 aromatic heterocycles. The Hall–Kier alpha value is -2.88. The highest BCUT2D eigenvalue weighted by Gasteiger charge is 2.01. The van der Waals surface area contributed by atoms with E-state index in [1.54, 1.807) is 12.4 Å². The molecule has 0 aliphatic rings. The van der Waals surface area contributed by atoms with Crippen LogP contribution < -0.4 is 10.5 Å². The van der Waals surface area contributed by atoms with Crippen molar-refractivity contribution in [2.45, 2.75) is 0 Å². The van der Waals surface area contributed by atoms with E-state index < -0.39 is 0 Å². The molecule has 0 saturated carbocycles. The summed E-state index contributed by atoms with van der Waals surface area (Å²) >= 11 is 0. The molecule has 0 aliphatic carbocycles. The van der Waals surface area contributed by atoms with E-state index in [-0.39, 0.29) is 0 Å². The highest BCUT2D eigenvalue weighted by atomic mass is 16.5. The Morgan fingerprint density at radius 1 is 0.750 bits per heavy atom. The first-order valence-electron chi connectivity index (χ1n) is 6.22. The summed E-state index contributed by atoms with van der Waals surface area (Å²) in [5.41, 5.74) is 7.27. The molecular weight excluding hydrogens is 250 g/mol. The van der Waals surface area contributed by atoms with Gasteiger partial charge in [-0.25, -0.2) is 4.98 Å². The van der Waals surface area contributed by atoms with Crippen LogP contribution in [0.4, 0.5) is 5.82 Å². The topological polar surface area (TPSA) is 61.0 Å². The molecule has 0 bridgehead atoms. The maximum absolute atomic E-state index is 5.73. The van der Waals surface area contributed by atoms with Gasteiger partial charge < -0.3 is 10.5 Å². The van der Waals surface area contributed by atoms with Crippen LogP contribution in [0.25, 0.3) is 11.3 Å². The summed E-state index contributed by atoms with van der Waals surface area (Å²) in [5, 5.41) is 0. The Kier molecular flexibility index (Phi) is 3.29. The summed E-state index contributed by atoms with van der Waals surface area (Å²) in [6.07, 6.45) is 3.20. The molecule has 1 heterocycles. The predicted octanol–water partition coefficient (Wildman–Crippen LogP) is 3.52. The maximum Gasteiger partial charge on any atom is 0.141 e. The second-order valence-electron chi connectivity index (χ2n) is 4.27. The van der Waals surface area contributed by atoms with E-state index in [0.29, 0.717) is 5.82 Å². The number of ether oxygens (including phenoxy) is 1. The Balaban J connectivity index is 1.79. The number of rotatable bonds is 3. The summed E-state index contributed by atoms with van der Waals surface area (Å²) in [4.78, 5) is 8.26. The van der Waals surface area contributed by atoms with Gasteiger partial charge in [0.05, 0.1) is 18.1 Å². The number of nitrogens with zero attached hydrogens (tertiary/aromatic N) is 2. The van der Waals surface area contributed by atoms with Crippen molar-refractivity contribution in [2.75, 3.05) is 5.73 Å². The van der Waals surface area contributed by atoms with Gasteiger partial charge in [-0.05, 0) is 36.4 Å². The highest BCUT2D eigenvalue weighted by Crippen LogP contribution is 2.24. The van der Waals surface area contributed by atoms with Crippen LogP contribution in [0, 0.1) is 0 Å². The average molecular weight is 263 g/mol. The fourth-order valence-corrected chi connectivity index (χ4v) is 1.81. The Bertz CT molecular complexity index is 679. The van der Waals surface area contributed by atoms with Gasteiger partial charge in [-0.15, -0.1) is 0 Å². The molecule has 0 unspecified atom stereocenters. The van der Waals surface area contributed by atoms with Gasteiger partial charge in [-0.3, -0.25) is 4.98 Å². The van der Waals surface area contributed by atoms with Crippen molar-refractivity contribution in [3.05, 3.63) is 67.0 Å². The molecule has 0 atom stereocenters. The van der Waals surface area contributed by atoms with Crippen molar-refractivity contribution in [3.8, 4) is 22.8 Å². The summed E-state index contributed by atoms with van der Waals surface area (Å²) in [6, 6.07) is 17.4. The molecule has 0 aliphatic heterocycles. The molecule has 20 heavy (non-hydrogen) atoms. The van der Waals surface area contributed by atoms with Gasteiger partial charge in [0, 0.05) is 5.56 Å². The third kappa shape index (κ3) is 2.75. The summed E-state index contributed by atoms with van der Waals surface area (Å²) in [7, 11) is 0. The second kappa shape index (κ2) is 5.40. The smallest absolute Gasteiger partial charge is 0.141 e. The van der Waals surface area contributed by atoms with Crippen LogP contribution in [0.5, 0.6) is 11.5 Å².